The van der Waals surface area contributed by atoms with Gasteiger partial charge in [-0.15, -0.1) is 0 Å². The summed E-state index contributed by atoms with van der Waals surface area (Å²) in [6, 6.07) is 1.33. The molecule has 0 bridgehead atoms. The van der Waals surface area contributed by atoms with Crippen LogP contribution in [0.2, 0.25) is 5.15 Å². The summed E-state index contributed by atoms with van der Waals surface area (Å²) in [6.45, 7) is 2.39. The Labute approximate surface area is 145 Å². The zero-order valence-electron chi connectivity index (χ0n) is 12.7. The molecule has 0 amide bonds. The second-order valence-electron chi connectivity index (χ2n) is 4.84. The van der Waals surface area contributed by atoms with Crippen molar-refractivity contribution in [1.82, 2.24) is 9.97 Å². The molecule has 2 rings (SSSR count). The number of anilines is 1. The van der Waals surface area contributed by atoms with E-state index >= 15 is 0 Å². The van der Waals surface area contributed by atoms with Crippen LogP contribution in [-0.4, -0.2) is 44.1 Å². The maximum Gasteiger partial charge on any atom is 0.164 e. The fraction of sp³-hybridized carbons (Fsp3) is 0.429. The normalized spacial score (nSPS) is 13.8. The number of aromatic nitrogens is 2. The van der Waals surface area contributed by atoms with Crippen molar-refractivity contribution < 1.29 is 13.7 Å². The van der Waals surface area contributed by atoms with E-state index in [1.54, 1.807) is 11.2 Å². The third-order valence-electron chi connectivity index (χ3n) is 3.15. The summed E-state index contributed by atoms with van der Waals surface area (Å²) in [6.07, 6.45) is 3.78. The van der Waals surface area contributed by atoms with Crippen LogP contribution >= 0.6 is 22.9 Å². The Morgan fingerprint density at radius 2 is 2.26 bits per heavy atom. The molecular weight excluding hydrogens is 361 g/mol. The van der Waals surface area contributed by atoms with Crippen molar-refractivity contribution in [3.63, 3.8) is 0 Å². The Morgan fingerprint density at radius 1 is 1.52 bits per heavy atom. The third-order valence-corrected chi connectivity index (χ3v) is 5.47. The van der Waals surface area contributed by atoms with Gasteiger partial charge in [0.2, 0.25) is 0 Å². The largest absolute Gasteiger partial charge is 0.374 e. The number of aliphatic hydroxyl groups is 1. The van der Waals surface area contributed by atoms with Crippen LogP contribution in [0.1, 0.15) is 13.3 Å². The molecule has 0 radical (unpaired) electrons. The highest BCUT2D eigenvalue weighted by molar-refractivity contribution is 7.84. The monoisotopic (exact) mass is 377 g/mol. The number of aliphatic hydroxyl groups excluding tert-OH is 1. The molecule has 0 aliphatic heterocycles. The van der Waals surface area contributed by atoms with Crippen LogP contribution < -0.4 is 4.90 Å². The maximum atomic E-state index is 13.3. The first kappa shape index (κ1) is 18.3. The lowest BCUT2D eigenvalue weighted by atomic mass is 10.3. The molecule has 2 aromatic heterocycles. The molecular formula is C14H17ClFN3O2S2. The molecule has 0 aromatic carbocycles. The second-order valence-corrected chi connectivity index (χ2v) is 7.73. The van der Waals surface area contributed by atoms with Crippen molar-refractivity contribution in [1.29, 1.82) is 0 Å². The summed E-state index contributed by atoms with van der Waals surface area (Å²) >= 11 is 7.44. The highest BCUT2D eigenvalue weighted by Gasteiger charge is 2.22. The number of thiazole rings is 1. The van der Waals surface area contributed by atoms with Gasteiger partial charge in [0.05, 0.1) is 6.20 Å². The lowest BCUT2D eigenvalue weighted by Crippen LogP contribution is -2.35. The SMILES string of the molecule is CCN(c1sc(-c2cncc(F)c2)nc1Cl)C(O)CCS(C)=O. The van der Waals surface area contributed by atoms with Gasteiger partial charge in [0.15, 0.2) is 5.15 Å². The van der Waals surface area contributed by atoms with Crippen LogP contribution in [0.4, 0.5) is 9.39 Å². The summed E-state index contributed by atoms with van der Waals surface area (Å²) in [5.74, 6) is -0.0532. The molecule has 9 heteroatoms. The Morgan fingerprint density at radius 3 is 2.87 bits per heavy atom. The molecule has 0 fully saturated rings. The van der Waals surface area contributed by atoms with Gasteiger partial charge in [-0.05, 0) is 13.0 Å². The molecule has 2 unspecified atom stereocenters. The summed E-state index contributed by atoms with van der Waals surface area (Å²) in [4.78, 5) is 9.73. The van der Waals surface area contributed by atoms with Gasteiger partial charge in [-0.25, -0.2) is 9.37 Å². The number of hydrogen-bond acceptors (Lipinski definition) is 6. The van der Waals surface area contributed by atoms with Crippen LogP contribution in [0.5, 0.6) is 0 Å². The number of hydrogen-bond donors (Lipinski definition) is 1. The standard InChI is InChI=1S/C14H17ClFN3O2S2/c1-3-19(11(20)4-5-23(2)21)14-12(15)18-13(22-14)9-6-10(16)8-17-7-9/h6-8,11,20H,3-5H2,1-2H3. The lowest BCUT2D eigenvalue weighted by molar-refractivity contribution is 0.167. The molecule has 0 aliphatic rings. The Balaban J connectivity index is 2.26. The fourth-order valence-electron chi connectivity index (χ4n) is 2.04. The minimum absolute atomic E-state index is 0.243. The first-order chi connectivity index (χ1) is 10.9. The van der Waals surface area contributed by atoms with Crippen LogP contribution in [0.3, 0.4) is 0 Å². The topological polar surface area (TPSA) is 66.3 Å². The van der Waals surface area contributed by atoms with Gasteiger partial charge in [-0.1, -0.05) is 22.9 Å². The van der Waals surface area contributed by atoms with Crippen molar-refractivity contribution in [2.45, 2.75) is 19.6 Å². The predicted molar refractivity (Wildman–Crippen MR) is 92.9 cm³/mol. The third kappa shape index (κ3) is 4.69. The first-order valence-electron chi connectivity index (χ1n) is 6.94. The zero-order valence-corrected chi connectivity index (χ0v) is 15.1. The molecule has 0 saturated heterocycles. The van der Waals surface area contributed by atoms with E-state index in [2.05, 4.69) is 9.97 Å². The summed E-state index contributed by atoms with van der Waals surface area (Å²) in [5.41, 5.74) is 0.531. The van der Waals surface area contributed by atoms with E-state index in [4.69, 9.17) is 11.6 Å². The van der Waals surface area contributed by atoms with Gasteiger partial charge in [-0.2, -0.15) is 0 Å². The Kier molecular flexibility index (Phi) is 6.46. The number of rotatable bonds is 7. The fourth-order valence-corrected chi connectivity index (χ4v) is 3.99. The van der Waals surface area contributed by atoms with E-state index < -0.39 is 22.8 Å². The van der Waals surface area contributed by atoms with Gasteiger partial charge in [0.25, 0.3) is 0 Å². The van der Waals surface area contributed by atoms with Crippen molar-refractivity contribution in [3.05, 3.63) is 29.4 Å². The van der Waals surface area contributed by atoms with Crippen LogP contribution in [0, 0.1) is 5.82 Å². The van der Waals surface area contributed by atoms with Crippen LogP contribution in [0.15, 0.2) is 18.5 Å². The van der Waals surface area contributed by atoms with E-state index in [-0.39, 0.29) is 5.15 Å². The molecule has 5 nitrogen and oxygen atoms in total. The molecule has 1 N–H and O–H groups in total. The van der Waals surface area contributed by atoms with Gasteiger partial charge < -0.3 is 10.0 Å². The molecule has 2 atom stereocenters. The van der Waals surface area contributed by atoms with Crippen LogP contribution in [-0.2, 0) is 10.8 Å². The van der Waals surface area contributed by atoms with Crippen LogP contribution in [0.25, 0.3) is 10.6 Å². The van der Waals surface area contributed by atoms with E-state index in [1.165, 1.54) is 23.6 Å². The zero-order chi connectivity index (χ0) is 17.0. The smallest absolute Gasteiger partial charge is 0.164 e. The average molecular weight is 378 g/mol. The minimum atomic E-state index is -0.975. The quantitative estimate of drug-likeness (QED) is 0.751. The summed E-state index contributed by atoms with van der Waals surface area (Å²) < 4.78 is 24.5. The van der Waals surface area contributed by atoms with Crippen molar-refractivity contribution in [2.75, 3.05) is 23.5 Å². The molecule has 2 heterocycles. The first-order valence-corrected chi connectivity index (χ1v) is 9.86. The average Bonchev–Trinajstić information content (AvgIpc) is 2.88. The highest BCUT2D eigenvalue weighted by atomic mass is 35.5. The van der Waals surface area contributed by atoms with E-state index in [0.29, 0.717) is 34.3 Å². The highest BCUT2D eigenvalue weighted by Crippen LogP contribution is 2.38. The maximum absolute atomic E-state index is 13.3. The van der Waals surface area contributed by atoms with Crippen molar-refractivity contribution in [2.24, 2.45) is 0 Å². The molecule has 0 spiro atoms. The number of halogens is 2. The molecule has 2 aromatic rings. The van der Waals surface area contributed by atoms with Gasteiger partial charge >= 0.3 is 0 Å². The van der Waals surface area contributed by atoms with E-state index in [9.17, 15) is 13.7 Å². The van der Waals surface area contributed by atoms with E-state index in [0.717, 1.165) is 6.20 Å². The minimum Gasteiger partial charge on any atom is -0.374 e. The second kappa shape index (κ2) is 8.14. The number of nitrogens with zero attached hydrogens (tertiary/aromatic N) is 3. The molecule has 0 aliphatic carbocycles. The lowest BCUT2D eigenvalue weighted by Gasteiger charge is -2.27. The Hall–Kier alpha value is -1.09. The molecule has 0 saturated carbocycles. The predicted octanol–water partition coefficient (Wildman–Crippen LogP) is 2.91. The Bertz CT molecular complexity index is 698. The molecule has 23 heavy (non-hydrogen) atoms. The molecule has 126 valence electrons. The van der Waals surface area contributed by atoms with Gasteiger partial charge in [-0.3, -0.25) is 9.19 Å². The number of pyridine rings is 1. The van der Waals surface area contributed by atoms with Gasteiger partial charge in [0.1, 0.15) is 22.1 Å². The van der Waals surface area contributed by atoms with E-state index in [1.807, 2.05) is 6.92 Å². The summed E-state index contributed by atoms with van der Waals surface area (Å²) in [5, 5.41) is 11.7. The summed E-state index contributed by atoms with van der Waals surface area (Å²) in [7, 11) is -0.975. The van der Waals surface area contributed by atoms with Gasteiger partial charge in [0, 0.05) is 47.5 Å². The van der Waals surface area contributed by atoms with Crippen molar-refractivity contribution in [3.8, 4) is 10.6 Å². The van der Waals surface area contributed by atoms with Crippen molar-refractivity contribution >= 4 is 38.7 Å².